The summed E-state index contributed by atoms with van der Waals surface area (Å²) in [5, 5.41) is 0. The molecule has 0 aliphatic carbocycles. The van der Waals surface area contributed by atoms with E-state index in [1.807, 2.05) is 0 Å². The molecule has 0 saturated carbocycles. The van der Waals surface area contributed by atoms with Gasteiger partial charge in [0.25, 0.3) is 0 Å². The van der Waals surface area contributed by atoms with Crippen LogP contribution < -0.4 is 17.0 Å². The minimum Gasteiger partial charge on any atom is -1.00 e. The number of nitrogens with zero attached hydrogens (tertiary/aromatic N) is 1. The summed E-state index contributed by atoms with van der Waals surface area (Å²) in [7, 11) is 2.33. The van der Waals surface area contributed by atoms with Crippen LogP contribution in [0.25, 0.3) is 0 Å². The van der Waals surface area contributed by atoms with Gasteiger partial charge < -0.3 is 17.0 Å². The van der Waals surface area contributed by atoms with Crippen molar-refractivity contribution in [2.75, 3.05) is 20.1 Å². The molecule has 1 nitrogen and oxygen atoms in total. The lowest BCUT2D eigenvalue weighted by Gasteiger charge is -2.26. The van der Waals surface area contributed by atoms with Crippen molar-refractivity contribution in [3.05, 3.63) is 12.3 Å². The molecule has 0 aromatic carbocycles. The number of unbranched alkanes of at least 4 members (excludes halogenated alkanes) is 2. The molecule has 1 heterocycles. The zero-order chi connectivity index (χ0) is 8.16. The number of halogens is 1. The fraction of sp³-hybridized carbons (Fsp3) is 0.800. The highest BCUT2D eigenvalue weighted by Crippen LogP contribution is 2.15. The first kappa shape index (κ1) is 12.2. The average Bonchev–Trinajstić information content (AvgIpc) is 2.38. The maximum Gasteiger partial charge on any atom is 0.0918 e. The molecule has 2 heteroatoms. The Kier molecular flexibility index (Phi) is 5.85. The van der Waals surface area contributed by atoms with Gasteiger partial charge in [-0.2, -0.15) is 0 Å². The third kappa shape index (κ3) is 3.72. The molecular weight excluding hydrogens is 214 g/mol. The van der Waals surface area contributed by atoms with Gasteiger partial charge in [0.05, 0.1) is 26.3 Å². The molecule has 0 radical (unpaired) electrons. The monoisotopic (exact) mass is 233 g/mol. The summed E-state index contributed by atoms with van der Waals surface area (Å²) < 4.78 is 1.18. The summed E-state index contributed by atoms with van der Waals surface area (Å²) in [6, 6.07) is 0. The van der Waals surface area contributed by atoms with E-state index in [4.69, 9.17) is 0 Å². The lowest BCUT2D eigenvalue weighted by molar-refractivity contribution is -0.854. The Morgan fingerprint density at radius 1 is 1.33 bits per heavy atom. The van der Waals surface area contributed by atoms with E-state index >= 15 is 0 Å². The first-order valence-corrected chi connectivity index (χ1v) is 4.79. The van der Waals surface area contributed by atoms with E-state index in [0.29, 0.717) is 0 Å². The van der Waals surface area contributed by atoms with Crippen molar-refractivity contribution in [3.8, 4) is 0 Å². The topological polar surface area (TPSA) is 0 Å². The first-order chi connectivity index (χ1) is 5.27. The van der Waals surface area contributed by atoms with Crippen molar-refractivity contribution in [3.63, 3.8) is 0 Å². The van der Waals surface area contributed by atoms with Gasteiger partial charge in [0, 0.05) is 6.42 Å². The van der Waals surface area contributed by atoms with Gasteiger partial charge in [-0.3, -0.25) is 4.48 Å². The average molecular weight is 234 g/mol. The number of hydrogen-bond acceptors (Lipinski definition) is 0. The summed E-state index contributed by atoms with van der Waals surface area (Å²) in [6.45, 7) is 4.92. The van der Waals surface area contributed by atoms with Crippen LogP contribution in [0.3, 0.4) is 0 Å². The minimum absolute atomic E-state index is 0. The van der Waals surface area contributed by atoms with Gasteiger partial charge >= 0.3 is 0 Å². The first-order valence-electron chi connectivity index (χ1n) is 4.79. The molecule has 0 aromatic rings. The summed E-state index contributed by atoms with van der Waals surface area (Å²) >= 11 is 0. The van der Waals surface area contributed by atoms with Crippen LogP contribution in [0, 0.1) is 0 Å². The molecule has 0 amide bonds. The summed E-state index contributed by atoms with van der Waals surface area (Å²) in [5.41, 5.74) is 0. The van der Waals surface area contributed by atoms with Crippen molar-refractivity contribution < 1.29 is 21.5 Å². The fourth-order valence-corrected chi connectivity index (χ4v) is 1.68. The Morgan fingerprint density at radius 3 is 2.58 bits per heavy atom. The zero-order valence-electron chi connectivity index (χ0n) is 8.22. The third-order valence-corrected chi connectivity index (χ3v) is 2.54. The van der Waals surface area contributed by atoms with Crippen molar-refractivity contribution in [1.29, 1.82) is 0 Å². The predicted octanol–water partition coefficient (Wildman–Crippen LogP) is -0.455. The van der Waals surface area contributed by atoms with E-state index < -0.39 is 0 Å². The smallest absolute Gasteiger partial charge is 0.0918 e. The molecule has 0 aromatic heterocycles. The summed E-state index contributed by atoms with van der Waals surface area (Å²) in [5.74, 6) is 0. The molecule has 0 fully saturated rings. The molecule has 1 atom stereocenters. The van der Waals surface area contributed by atoms with E-state index in [0.717, 1.165) is 0 Å². The Labute approximate surface area is 86.8 Å². The van der Waals surface area contributed by atoms with Crippen LogP contribution in [0.4, 0.5) is 0 Å². The molecule has 1 aliphatic rings. The standard InChI is InChI=1S/C10H20N.BrH/c1-3-4-5-8-11(2)9-6-7-10-11;/h6,9H,3-5,7-8,10H2,1-2H3;1H/q+1;/p-1. The second-order valence-corrected chi connectivity index (χ2v) is 3.81. The Balaban J connectivity index is 0.00000121. The van der Waals surface area contributed by atoms with Crippen LogP contribution in [0.5, 0.6) is 0 Å². The third-order valence-electron chi connectivity index (χ3n) is 2.54. The van der Waals surface area contributed by atoms with E-state index in [1.54, 1.807) is 0 Å². The largest absolute Gasteiger partial charge is 1.00 e. The molecule has 0 saturated heterocycles. The molecule has 0 spiro atoms. The molecule has 12 heavy (non-hydrogen) atoms. The van der Waals surface area contributed by atoms with Gasteiger partial charge in [-0.25, -0.2) is 0 Å². The second-order valence-electron chi connectivity index (χ2n) is 3.81. The van der Waals surface area contributed by atoms with Crippen LogP contribution in [0.2, 0.25) is 0 Å². The minimum atomic E-state index is 0. The van der Waals surface area contributed by atoms with Crippen LogP contribution in [0.15, 0.2) is 12.3 Å². The molecule has 1 rings (SSSR count). The lowest BCUT2D eigenvalue weighted by atomic mass is 10.2. The zero-order valence-corrected chi connectivity index (χ0v) is 9.81. The van der Waals surface area contributed by atoms with Crippen LogP contribution in [0.1, 0.15) is 32.6 Å². The normalized spacial score (nSPS) is 27.2. The van der Waals surface area contributed by atoms with Gasteiger partial charge in [0.1, 0.15) is 0 Å². The highest BCUT2D eigenvalue weighted by molar-refractivity contribution is 4.80. The molecule has 72 valence electrons. The highest BCUT2D eigenvalue weighted by atomic mass is 79.9. The Bertz CT molecular complexity index is 145. The molecule has 0 bridgehead atoms. The predicted molar refractivity (Wildman–Crippen MR) is 49.2 cm³/mol. The van der Waals surface area contributed by atoms with Gasteiger partial charge in [-0.05, 0) is 18.9 Å². The highest BCUT2D eigenvalue weighted by Gasteiger charge is 2.20. The SMILES string of the molecule is CCCCC[N+]1(C)C=CCC1.[Br-]. The van der Waals surface area contributed by atoms with E-state index in [2.05, 4.69) is 26.2 Å². The van der Waals surface area contributed by atoms with E-state index in [-0.39, 0.29) is 17.0 Å². The quantitative estimate of drug-likeness (QED) is 0.456. The van der Waals surface area contributed by atoms with Crippen LogP contribution >= 0.6 is 0 Å². The number of quaternary nitrogens is 1. The molecule has 1 unspecified atom stereocenters. The van der Waals surface area contributed by atoms with Gasteiger partial charge in [0.2, 0.25) is 0 Å². The summed E-state index contributed by atoms with van der Waals surface area (Å²) in [4.78, 5) is 0. The molecule has 0 N–H and O–H groups in total. The van der Waals surface area contributed by atoms with Crippen molar-refractivity contribution in [2.45, 2.75) is 32.6 Å². The Morgan fingerprint density at radius 2 is 2.08 bits per heavy atom. The van der Waals surface area contributed by atoms with Crippen molar-refractivity contribution in [1.82, 2.24) is 0 Å². The van der Waals surface area contributed by atoms with E-state index in [1.165, 1.54) is 43.3 Å². The van der Waals surface area contributed by atoms with Crippen molar-refractivity contribution in [2.24, 2.45) is 0 Å². The van der Waals surface area contributed by atoms with Crippen LogP contribution in [-0.2, 0) is 0 Å². The van der Waals surface area contributed by atoms with Gasteiger partial charge in [-0.15, -0.1) is 0 Å². The van der Waals surface area contributed by atoms with Gasteiger partial charge in [0.15, 0.2) is 0 Å². The number of rotatable bonds is 4. The maximum absolute atomic E-state index is 2.36. The summed E-state index contributed by atoms with van der Waals surface area (Å²) in [6.07, 6.45) is 10.1. The van der Waals surface area contributed by atoms with Crippen LogP contribution in [-0.4, -0.2) is 24.6 Å². The second kappa shape index (κ2) is 5.76. The molecular formula is C10H20BrN. The fourth-order valence-electron chi connectivity index (χ4n) is 1.68. The number of hydrogen-bond donors (Lipinski definition) is 0. The van der Waals surface area contributed by atoms with E-state index in [9.17, 15) is 0 Å². The van der Waals surface area contributed by atoms with Crippen molar-refractivity contribution >= 4 is 0 Å². The maximum atomic E-state index is 2.36. The Hall–Kier alpha value is 0.180. The lowest BCUT2D eigenvalue weighted by Crippen LogP contribution is -3.00. The molecule has 1 aliphatic heterocycles. The van der Waals surface area contributed by atoms with Gasteiger partial charge in [-0.1, -0.05) is 13.3 Å².